The number of rotatable bonds is 1. The Labute approximate surface area is 93.0 Å². The van der Waals surface area contributed by atoms with Gasteiger partial charge in [0.1, 0.15) is 9.81 Å². The molecule has 0 atom stereocenters. The first-order valence-electron chi connectivity index (χ1n) is 3.97. The summed E-state index contributed by atoms with van der Waals surface area (Å²) in [6, 6.07) is -1.83. The fourth-order valence-corrected chi connectivity index (χ4v) is 0.896. The van der Waals surface area contributed by atoms with Crippen molar-refractivity contribution in [1.29, 1.82) is 0 Å². The van der Waals surface area contributed by atoms with E-state index in [2.05, 4.69) is 15.3 Å². The van der Waals surface area contributed by atoms with Crippen LogP contribution in [-0.2, 0) is 0 Å². The maximum atomic E-state index is 12.7. The van der Waals surface area contributed by atoms with E-state index >= 15 is 0 Å². The summed E-state index contributed by atoms with van der Waals surface area (Å²) in [7, 11) is 0. The number of hydrazine groups is 1. The molecule has 2 heterocycles. The Morgan fingerprint density at radius 3 is 2.44 bits per heavy atom. The summed E-state index contributed by atoms with van der Waals surface area (Å²) in [6.07, 6.45) is 0. The van der Waals surface area contributed by atoms with Crippen molar-refractivity contribution in [3.63, 3.8) is 0 Å². The highest BCUT2D eigenvalue weighted by molar-refractivity contribution is 5.97. The average molecular weight is 269 g/mol. The predicted octanol–water partition coefficient (Wildman–Crippen LogP) is -1.94. The number of hydrogen-bond donors (Lipinski definition) is 1. The predicted molar refractivity (Wildman–Crippen MR) is 40.5 cm³/mol. The van der Waals surface area contributed by atoms with E-state index in [4.69, 9.17) is 0 Å². The van der Waals surface area contributed by atoms with E-state index in [0.29, 0.717) is 0 Å². The fourth-order valence-electron chi connectivity index (χ4n) is 0.896. The molecule has 1 aliphatic heterocycles. The van der Waals surface area contributed by atoms with Gasteiger partial charge in [-0.1, -0.05) is 14.2 Å². The topological polar surface area (TPSA) is 99.6 Å². The highest BCUT2D eigenvalue weighted by Gasteiger charge is 2.33. The lowest BCUT2D eigenvalue weighted by Crippen LogP contribution is -2.55. The Morgan fingerprint density at radius 1 is 1.22 bits per heavy atom. The lowest BCUT2D eigenvalue weighted by molar-refractivity contribution is -0.907. The van der Waals surface area contributed by atoms with Crippen LogP contribution in [0.4, 0.5) is 22.7 Å². The van der Waals surface area contributed by atoms with Gasteiger partial charge in [0.05, 0.1) is 0 Å². The maximum absolute atomic E-state index is 12.7. The Morgan fingerprint density at radius 2 is 1.89 bits per heavy atom. The molecule has 1 aliphatic rings. The highest BCUT2D eigenvalue weighted by atomic mass is 19.2. The molecule has 0 saturated heterocycles. The number of hydrogen-bond acceptors (Lipinski definition) is 6. The number of halogens is 4. The SMILES string of the molecule is O=C1N(F)N=C(c2nn(F)c(=O)[n+](F)n2)NN1F. The second-order valence-corrected chi connectivity index (χ2v) is 2.71. The first-order chi connectivity index (χ1) is 8.40. The van der Waals surface area contributed by atoms with Gasteiger partial charge in [0.15, 0.2) is 0 Å². The summed E-state index contributed by atoms with van der Waals surface area (Å²) in [5, 5.41) is 6.36. The first-order valence-corrected chi connectivity index (χ1v) is 3.97. The Hall–Kier alpha value is -2.80. The van der Waals surface area contributed by atoms with Crippen molar-refractivity contribution in [2.45, 2.75) is 0 Å². The van der Waals surface area contributed by atoms with Gasteiger partial charge in [-0.15, -0.1) is 5.10 Å². The van der Waals surface area contributed by atoms with Crippen molar-refractivity contribution in [3.05, 3.63) is 16.3 Å². The van der Waals surface area contributed by atoms with Gasteiger partial charge >= 0.3 is 11.7 Å². The van der Waals surface area contributed by atoms with Crippen LogP contribution in [0.5, 0.6) is 0 Å². The minimum Gasteiger partial charge on any atom is -0.243 e. The molecule has 18 heavy (non-hydrogen) atoms. The van der Waals surface area contributed by atoms with E-state index in [1.165, 1.54) is 5.43 Å². The van der Waals surface area contributed by atoms with E-state index in [9.17, 15) is 27.5 Å². The molecule has 0 aromatic carbocycles. The van der Waals surface area contributed by atoms with E-state index in [0.717, 1.165) is 0 Å². The van der Waals surface area contributed by atoms with E-state index < -0.39 is 43.7 Å². The lowest BCUT2D eigenvalue weighted by atomic mass is 10.5. The molecule has 2 rings (SSSR count). The van der Waals surface area contributed by atoms with Crippen LogP contribution in [0.15, 0.2) is 9.90 Å². The number of hydrazone groups is 1. The monoisotopic (exact) mass is 269 g/mol. The van der Waals surface area contributed by atoms with E-state index in [1.807, 2.05) is 0 Å². The standard InChI is InChI=1S/C4HF4N8O2/c5-13-3(17)14(6)10-1(9-13)2-11-15(7)4(18)16(8)12-2/h(H,9,10)/q+1. The third-order valence-electron chi connectivity index (χ3n) is 1.61. The largest absolute Gasteiger partial charge is 0.615 e. The second-order valence-electron chi connectivity index (χ2n) is 2.71. The maximum Gasteiger partial charge on any atom is 0.615 e. The molecular weight excluding hydrogens is 268 g/mol. The Balaban J connectivity index is 2.47. The van der Waals surface area contributed by atoms with Gasteiger partial charge in [0.25, 0.3) is 5.82 Å². The van der Waals surface area contributed by atoms with Gasteiger partial charge in [-0.25, -0.2) is 10.2 Å². The number of carbonyl (C=O) groups excluding carboxylic acids is 1. The number of amides is 2. The van der Waals surface area contributed by atoms with Crippen molar-refractivity contribution >= 4 is 11.9 Å². The Bertz CT molecular complexity index is 573. The summed E-state index contributed by atoms with van der Waals surface area (Å²) in [5.41, 5.74) is -0.389. The molecular formula is C4HF4N8O2+. The van der Waals surface area contributed by atoms with Crippen molar-refractivity contribution < 1.29 is 27.6 Å². The Kier molecular flexibility index (Phi) is 2.53. The molecule has 14 heteroatoms. The molecule has 0 saturated carbocycles. The number of amidine groups is 1. The summed E-state index contributed by atoms with van der Waals surface area (Å²) >= 11 is 0. The molecule has 96 valence electrons. The number of urea groups is 1. The van der Waals surface area contributed by atoms with Crippen LogP contribution in [0.2, 0.25) is 0 Å². The van der Waals surface area contributed by atoms with Crippen molar-refractivity contribution in [2.24, 2.45) is 5.10 Å². The molecule has 0 unspecified atom stereocenters. The highest BCUT2D eigenvalue weighted by Crippen LogP contribution is 2.06. The van der Waals surface area contributed by atoms with Crippen LogP contribution in [0.25, 0.3) is 0 Å². The van der Waals surface area contributed by atoms with Gasteiger partial charge in [0.2, 0.25) is 5.84 Å². The zero-order valence-electron chi connectivity index (χ0n) is 7.96. The second kappa shape index (κ2) is 3.90. The normalized spacial score (nSPS) is 15.6. The molecule has 1 N–H and O–H groups in total. The van der Waals surface area contributed by atoms with Gasteiger partial charge < -0.3 is 0 Å². The average Bonchev–Trinajstić information content (AvgIpc) is 2.31. The van der Waals surface area contributed by atoms with Crippen molar-refractivity contribution in [2.75, 3.05) is 0 Å². The van der Waals surface area contributed by atoms with Crippen LogP contribution in [0.1, 0.15) is 5.82 Å². The van der Waals surface area contributed by atoms with Crippen LogP contribution >= 0.6 is 0 Å². The van der Waals surface area contributed by atoms with Crippen LogP contribution in [0, 0.1) is 0 Å². The van der Waals surface area contributed by atoms with Crippen molar-refractivity contribution in [3.8, 4) is 0 Å². The van der Waals surface area contributed by atoms with E-state index in [1.54, 1.807) is 0 Å². The third kappa shape index (κ3) is 1.78. The lowest BCUT2D eigenvalue weighted by Gasteiger charge is -2.20. The summed E-state index contributed by atoms with van der Waals surface area (Å²) < 4.78 is 50.8. The number of nitrogens with zero attached hydrogens (tertiary/aromatic N) is 7. The summed E-state index contributed by atoms with van der Waals surface area (Å²) in [5.74, 6) is -1.96. The third-order valence-corrected chi connectivity index (χ3v) is 1.61. The first kappa shape index (κ1) is 11.7. The van der Waals surface area contributed by atoms with Crippen LogP contribution < -0.4 is 16.0 Å². The zero-order chi connectivity index (χ0) is 13.4. The quantitative estimate of drug-likeness (QED) is 0.472. The molecule has 1 aromatic rings. The minimum absolute atomic E-state index is 0.873. The molecule has 0 radical (unpaired) electrons. The zero-order valence-corrected chi connectivity index (χ0v) is 7.96. The van der Waals surface area contributed by atoms with Gasteiger partial charge in [-0.05, 0) is 15.4 Å². The van der Waals surface area contributed by atoms with Crippen molar-refractivity contribution in [1.82, 2.24) is 31.0 Å². The molecule has 1 aromatic heterocycles. The molecule has 0 fully saturated rings. The number of carbonyl (C=O) groups is 1. The molecule has 0 bridgehead atoms. The van der Waals surface area contributed by atoms with Crippen LogP contribution in [-0.4, -0.2) is 37.4 Å². The molecule has 0 spiro atoms. The van der Waals surface area contributed by atoms with Gasteiger partial charge in [-0.3, -0.25) is 0 Å². The minimum atomic E-state index is -1.87. The van der Waals surface area contributed by atoms with Gasteiger partial charge in [-0.2, -0.15) is 4.79 Å². The van der Waals surface area contributed by atoms with Gasteiger partial charge in [0, 0.05) is 8.96 Å². The summed E-state index contributed by atoms with van der Waals surface area (Å²) in [6.45, 7) is 0. The summed E-state index contributed by atoms with van der Waals surface area (Å²) in [4.78, 5) is 19.2. The number of nitrogens with one attached hydrogen (secondary N) is 1. The van der Waals surface area contributed by atoms with E-state index in [-0.39, 0.29) is 0 Å². The molecule has 0 aliphatic carbocycles. The smallest absolute Gasteiger partial charge is 0.243 e. The number of aromatic nitrogens is 4. The fraction of sp³-hybridized carbons (Fsp3) is 0. The van der Waals surface area contributed by atoms with Crippen LogP contribution in [0.3, 0.4) is 0 Å². The molecule has 2 amide bonds. The molecule has 10 nitrogen and oxygen atoms in total.